The van der Waals surface area contributed by atoms with Gasteiger partial charge in [-0.25, -0.2) is 24.3 Å². The molecule has 0 spiro atoms. The number of nitrogens with zero attached hydrogens (tertiary/aromatic N) is 11. The summed E-state index contributed by atoms with van der Waals surface area (Å²) in [5.41, 5.74) is 20.6. The van der Waals surface area contributed by atoms with Crippen LogP contribution in [-0.2, 0) is 37.0 Å². The third-order valence-electron chi connectivity index (χ3n) is 17.8. The molecule has 5 aromatic carbocycles. The maximum Gasteiger partial charge on any atom is 0.336 e. The Morgan fingerprint density at radius 3 is 2.47 bits per heavy atom. The number of piperazine rings is 1. The van der Waals surface area contributed by atoms with Crippen LogP contribution in [0.15, 0.2) is 90.2 Å². The molecule has 450 valence electrons. The van der Waals surface area contributed by atoms with Gasteiger partial charge in [0.15, 0.2) is 5.13 Å². The number of amides is 3. The zero-order chi connectivity index (χ0) is 60.6. The number of carboxylic acids is 1. The minimum Gasteiger partial charge on any atom is -0.478 e. The van der Waals surface area contributed by atoms with Crippen LogP contribution < -0.4 is 45.6 Å². The van der Waals surface area contributed by atoms with Gasteiger partial charge in [-0.1, -0.05) is 64.5 Å². The number of carbonyl (C=O) groups excluding carboxylic acids is 3. The number of aromatic nitrogens is 3. The summed E-state index contributed by atoms with van der Waals surface area (Å²) in [7, 11) is 0. The first-order valence-corrected chi connectivity index (χ1v) is 31.7. The largest absolute Gasteiger partial charge is 0.478 e. The van der Waals surface area contributed by atoms with E-state index in [0.29, 0.717) is 86.7 Å². The number of fused-ring (bicyclic) bond motifs is 4. The lowest BCUT2D eigenvalue weighted by Gasteiger charge is -2.36. The van der Waals surface area contributed by atoms with E-state index in [1.54, 1.807) is 41.3 Å². The zero-order valence-electron chi connectivity index (χ0n) is 49.3. The summed E-state index contributed by atoms with van der Waals surface area (Å²) in [5.74, 6) is 1.36. The SMILES string of the molecule is Cc1nc(Nc2ncc(C(=O)Nc3c(C)cccc3Cl)s2)cc(N2CCN(CC(=O)N(CCNC(=O)c3ccc(C(=O)O)c(C4=c5cc6c7c(c5Oc5c4cc4c8c5CCCN8CCCC4)CCC[N+]=7CCCC6)c3)Cc3ccccc3N=[N+]=[N-])CC2)n1. The number of halogens is 1. The van der Waals surface area contributed by atoms with E-state index in [0.717, 1.165) is 124 Å². The van der Waals surface area contributed by atoms with Crippen LogP contribution in [0.2, 0.25) is 5.02 Å². The Hall–Kier alpha value is -8.88. The van der Waals surface area contributed by atoms with Crippen LogP contribution >= 0.6 is 22.9 Å². The third-order valence-corrected chi connectivity index (χ3v) is 19.0. The average Bonchev–Trinajstić information content (AvgIpc) is 0.917. The van der Waals surface area contributed by atoms with Gasteiger partial charge in [-0.2, -0.15) is 0 Å². The number of ether oxygens (including phenoxy) is 1. The van der Waals surface area contributed by atoms with Gasteiger partial charge in [0.25, 0.3) is 11.8 Å². The summed E-state index contributed by atoms with van der Waals surface area (Å²) in [6.07, 6.45) is 11.3. The number of benzene rings is 5. The second kappa shape index (κ2) is 25.1. The minimum atomic E-state index is -1.09. The number of hydrogen-bond acceptors (Lipinski definition) is 14. The van der Waals surface area contributed by atoms with Gasteiger partial charge in [0, 0.05) is 127 Å². The highest BCUT2D eigenvalue weighted by Crippen LogP contribution is 2.49. The third kappa shape index (κ3) is 11.7. The van der Waals surface area contributed by atoms with Crippen LogP contribution in [0.5, 0.6) is 11.5 Å². The number of nitrogens with one attached hydrogen (secondary N) is 3. The summed E-state index contributed by atoms with van der Waals surface area (Å²) >= 11 is 7.55. The van der Waals surface area contributed by atoms with Gasteiger partial charge in [0.1, 0.15) is 46.9 Å². The Morgan fingerprint density at radius 1 is 0.818 bits per heavy atom. The highest BCUT2D eigenvalue weighted by Gasteiger charge is 2.37. The van der Waals surface area contributed by atoms with Gasteiger partial charge in [-0.05, 0) is 129 Å². The summed E-state index contributed by atoms with van der Waals surface area (Å²) in [4.78, 5) is 81.6. The van der Waals surface area contributed by atoms with Gasteiger partial charge >= 0.3 is 5.97 Å². The van der Waals surface area contributed by atoms with Crippen molar-refractivity contribution in [1.82, 2.24) is 34.6 Å². The van der Waals surface area contributed by atoms with Crippen LogP contribution in [0.1, 0.15) is 119 Å². The molecule has 3 amide bonds. The van der Waals surface area contributed by atoms with Gasteiger partial charge in [-0.15, -0.1) is 0 Å². The van der Waals surface area contributed by atoms with E-state index < -0.39 is 11.9 Å². The van der Waals surface area contributed by atoms with Crippen molar-refractivity contribution >= 4 is 86.0 Å². The molecule has 2 aromatic heterocycles. The van der Waals surface area contributed by atoms with Crippen LogP contribution in [0.25, 0.3) is 16.0 Å². The number of thiazole rings is 1. The second-order valence-corrected chi connectivity index (χ2v) is 24.9. The predicted octanol–water partition coefficient (Wildman–Crippen LogP) is 9.64. The Bertz CT molecular complexity index is 4160. The average molecular weight is 1220 g/mol. The van der Waals surface area contributed by atoms with Crippen molar-refractivity contribution in [1.29, 1.82) is 0 Å². The number of rotatable bonds is 16. The molecule has 0 atom stereocenters. The lowest BCUT2D eigenvalue weighted by Crippen LogP contribution is -2.51. The maximum absolute atomic E-state index is 14.6. The molecule has 4 N–H and O–H groups in total. The number of carboxylic acid groups (broad SMARTS) is 1. The van der Waals surface area contributed by atoms with E-state index in [-0.39, 0.29) is 43.6 Å². The normalized spacial score (nSPS) is 15.9. The molecule has 0 unspecified atom stereocenters. The smallest absolute Gasteiger partial charge is 0.336 e. The van der Waals surface area contributed by atoms with E-state index in [1.807, 2.05) is 44.2 Å². The Balaban J connectivity index is 0.737. The highest BCUT2D eigenvalue weighted by atomic mass is 35.5. The molecule has 22 heteroatoms. The van der Waals surface area contributed by atoms with Crippen LogP contribution in [0, 0.1) is 13.8 Å². The van der Waals surface area contributed by atoms with Gasteiger partial charge in [-0.3, -0.25) is 19.3 Å². The molecule has 6 aliphatic heterocycles. The van der Waals surface area contributed by atoms with Crippen molar-refractivity contribution in [2.24, 2.45) is 5.11 Å². The van der Waals surface area contributed by atoms with Crippen LogP contribution in [-0.4, -0.2) is 126 Å². The highest BCUT2D eigenvalue weighted by molar-refractivity contribution is 7.17. The molecule has 13 rings (SSSR count). The van der Waals surface area contributed by atoms with E-state index in [1.165, 1.54) is 50.8 Å². The van der Waals surface area contributed by atoms with E-state index in [2.05, 4.69) is 67.4 Å². The number of azide groups is 1. The summed E-state index contributed by atoms with van der Waals surface area (Å²) < 4.78 is 9.85. The van der Waals surface area contributed by atoms with Crippen molar-refractivity contribution in [2.75, 3.05) is 92.4 Å². The van der Waals surface area contributed by atoms with Crippen molar-refractivity contribution in [3.05, 3.63) is 177 Å². The lowest BCUT2D eigenvalue weighted by molar-refractivity contribution is -0.133. The van der Waals surface area contributed by atoms with Gasteiger partial charge < -0.3 is 40.5 Å². The summed E-state index contributed by atoms with van der Waals surface area (Å²) in [5, 5.41) is 27.3. The molecule has 0 radical (unpaired) electrons. The molecule has 0 bridgehead atoms. The lowest BCUT2D eigenvalue weighted by atomic mass is 9.82. The topological polar surface area (TPSA) is 237 Å². The molecule has 7 aromatic rings. The maximum atomic E-state index is 14.6. The first-order valence-electron chi connectivity index (χ1n) is 30.5. The molecule has 20 nitrogen and oxygen atoms in total. The van der Waals surface area contributed by atoms with Crippen molar-refractivity contribution in [2.45, 2.75) is 84.6 Å². The fourth-order valence-corrected chi connectivity index (χ4v) is 14.6. The monoisotopic (exact) mass is 1220 g/mol. The Labute approximate surface area is 518 Å². The molecule has 6 aliphatic rings. The van der Waals surface area contributed by atoms with E-state index >= 15 is 0 Å². The molecular formula is C66H68ClN14O6S+. The Kier molecular flexibility index (Phi) is 16.6. The van der Waals surface area contributed by atoms with E-state index in [9.17, 15) is 29.8 Å². The van der Waals surface area contributed by atoms with Gasteiger partial charge in [0.05, 0.1) is 34.6 Å². The van der Waals surface area contributed by atoms with Crippen LogP contribution in [0.4, 0.5) is 33.8 Å². The van der Waals surface area contributed by atoms with Crippen molar-refractivity contribution in [3.63, 3.8) is 0 Å². The molecule has 0 saturated carbocycles. The predicted molar refractivity (Wildman–Crippen MR) is 341 cm³/mol. The molecule has 1 fully saturated rings. The number of para-hydroxylation sites is 1. The van der Waals surface area contributed by atoms with Crippen molar-refractivity contribution in [3.8, 4) is 11.5 Å². The fraction of sp³-hybridized carbons (Fsp3) is 0.364. The van der Waals surface area contributed by atoms with Crippen LogP contribution in [0.3, 0.4) is 0 Å². The second-order valence-electron chi connectivity index (χ2n) is 23.5. The molecule has 1 saturated heterocycles. The molecule has 0 aliphatic carbocycles. The number of carbonyl (C=O) groups is 4. The molecule has 88 heavy (non-hydrogen) atoms. The standard InChI is InChI=1S/C66H67ClN14O6S/c1-39-12-9-18-51(67)58(39)74-64(84)53-36-70-66(88-53)73-54-35-55(72-40(2)71-54)78-30-28-77(29-31-78)38-56(82)81(37-44-15-3-4-19-52(44)75-76-68)27-22-69-63(83)43-20-21-45(65(85)86)48(34-43)57-49-32-41-13-5-7-23-79-25-10-16-46(59(41)79)61(49)87-62-47-17-11-26-80-24-8-6-14-42(60(47)80)33-50(57)62/h3-4,9,12,15,18-21,32-36H,5-8,10-11,13-14,16-17,22-31,37-38H2,1-2H3,(H3-,69,70,71,72,73,74,83,84,85,86)/p+1. The fourth-order valence-electron chi connectivity index (χ4n) is 13.6. The zero-order valence-corrected chi connectivity index (χ0v) is 50.9. The van der Waals surface area contributed by atoms with E-state index in [4.69, 9.17) is 21.3 Å². The number of anilines is 5. The molecular weight excluding hydrogens is 1150 g/mol. The number of aryl methyl sites for hydroxylation is 4. The van der Waals surface area contributed by atoms with Gasteiger partial charge in [0.2, 0.25) is 11.3 Å². The molecule has 8 heterocycles. The minimum absolute atomic E-state index is 0.0767. The summed E-state index contributed by atoms with van der Waals surface area (Å²) in [6.45, 7) is 10.3. The van der Waals surface area contributed by atoms with Crippen molar-refractivity contribution < 1.29 is 29.0 Å². The number of hydrogen-bond donors (Lipinski definition) is 4. The first-order chi connectivity index (χ1) is 42.8. The summed E-state index contributed by atoms with van der Waals surface area (Å²) in [6, 6.07) is 23.8. The quantitative estimate of drug-likeness (QED) is 0.0306. The Morgan fingerprint density at radius 2 is 1.62 bits per heavy atom. The first kappa shape index (κ1) is 58.2. The number of aromatic carboxylic acids is 1.